The Morgan fingerprint density at radius 3 is 2.50 bits per heavy atom. The summed E-state index contributed by atoms with van der Waals surface area (Å²) < 4.78 is 4.87. The first-order valence-corrected chi connectivity index (χ1v) is 6.21. The lowest BCUT2D eigenvalue weighted by molar-refractivity contribution is -0.143. The van der Waals surface area contributed by atoms with Gasteiger partial charge in [-0.15, -0.1) is 0 Å². The van der Waals surface area contributed by atoms with Crippen LogP contribution in [0, 0.1) is 5.92 Å². The summed E-state index contributed by atoms with van der Waals surface area (Å²) in [5.41, 5.74) is 5.69. The standard InChI is InChI=1S/C12H24N2O4/c1-4-8(2)10(12(16)17)14-11(15)9(13)6-5-7-18-3/h8-10H,4-7,13H2,1-3H3,(H,14,15)(H,16,17)/t8?,9?,10-/m0/s1. The number of hydrogen-bond acceptors (Lipinski definition) is 4. The van der Waals surface area contributed by atoms with Crippen molar-refractivity contribution in [3.05, 3.63) is 0 Å². The second-order valence-corrected chi connectivity index (χ2v) is 4.45. The molecular formula is C12H24N2O4. The van der Waals surface area contributed by atoms with Gasteiger partial charge in [-0.1, -0.05) is 20.3 Å². The first kappa shape index (κ1) is 16.9. The third kappa shape index (κ3) is 5.97. The lowest BCUT2D eigenvalue weighted by Crippen LogP contribution is -2.51. The zero-order chi connectivity index (χ0) is 14.1. The molecule has 1 amide bonds. The molecule has 0 fully saturated rings. The molecule has 0 spiro atoms. The molecule has 106 valence electrons. The number of carbonyl (C=O) groups is 2. The summed E-state index contributed by atoms with van der Waals surface area (Å²) in [6.45, 7) is 4.20. The quantitative estimate of drug-likeness (QED) is 0.519. The van der Waals surface area contributed by atoms with E-state index in [1.165, 1.54) is 0 Å². The minimum absolute atomic E-state index is 0.127. The molecule has 0 saturated carbocycles. The molecule has 0 aromatic heterocycles. The second-order valence-electron chi connectivity index (χ2n) is 4.45. The summed E-state index contributed by atoms with van der Waals surface area (Å²) in [6, 6.07) is -1.57. The van der Waals surface area contributed by atoms with E-state index in [1.54, 1.807) is 14.0 Å². The number of hydrogen-bond donors (Lipinski definition) is 3. The molecule has 6 nitrogen and oxygen atoms in total. The van der Waals surface area contributed by atoms with E-state index < -0.39 is 24.0 Å². The number of carbonyl (C=O) groups excluding carboxylic acids is 1. The Morgan fingerprint density at radius 1 is 1.44 bits per heavy atom. The van der Waals surface area contributed by atoms with Crippen molar-refractivity contribution < 1.29 is 19.4 Å². The highest BCUT2D eigenvalue weighted by molar-refractivity contribution is 5.86. The lowest BCUT2D eigenvalue weighted by Gasteiger charge is -2.22. The summed E-state index contributed by atoms with van der Waals surface area (Å²) in [4.78, 5) is 22.8. The van der Waals surface area contributed by atoms with E-state index in [9.17, 15) is 9.59 Å². The Balaban J connectivity index is 4.28. The lowest BCUT2D eigenvalue weighted by atomic mass is 9.98. The van der Waals surface area contributed by atoms with E-state index in [1.807, 2.05) is 6.92 Å². The number of aliphatic carboxylic acids is 1. The first-order valence-electron chi connectivity index (χ1n) is 6.21. The van der Waals surface area contributed by atoms with Crippen LogP contribution in [0.25, 0.3) is 0 Å². The maximum absolute atomic E-state index is 11.7. The van der Waals surface area contributed by atoms with Crippen LogP contribution in [0.5, 0.6) is 0 Å². The Labute approximate surface area is 108 Å². The van der Waals surface area contributed by atoms with Crippen molar-refractivity contribution in [3.63, 3.8) is 0 Å². The van der Waals surface area contributed by atoms with Crippen LogP contribution in [0.15, 0.2) is 0 Å². The summed E-state index contributed by atoms with van der Waals surface area (Å²) in [5.74, 6) is -1.57. The maximum atomic E-state index is 11.7. The van der Waals surface area contributed by atoms with Crippen LogP contribution in [0.4, 0.5) is 0 Å². The maximum Gasteiger partial charge on any atom is 0.326 e. The van der Waals surface area contributed by atoms with Crippen molar-refractivity contribution in [1.82, 2.24) is 5.32 Å². The number of amides is 1. The van der Waals surface area contributed by atoms with Gasteiger partial charge in [0, 0.05) is 13.7 Å². The molecule has 0 radical (unpaired) electrons. The van der Waals surface area contributed by atoms with Gasteiger partial charge in [-0.05, 0) is 18.8 Å². The molecule has 0 aliphatic carbocycles. The fourth-order valence-electron chi connectivity index (χ4n) is 1.52. The molecule has 0 heterocycles. The van der Waals surface area contributed by atoms with Crippen LogP contribution >= 0.6 is 0 Å². The molecule has 6 heteroatoms. The summed E-state index contributed by atoms with van der Waals surface area (Å²) in [7, 11) is 1.58. The van der Waals surface area contributed by atoms with E-state index in [2.05, 4.69) is 5.32 Å². The molecule has 3 atom stereocenters. The Morgan fingerprint density at radius 2 is 2.06 bits per heavy atom. The Bertz CT molecular complexity index is 271. The third-order valence-corrected chi connectivity index (χ3v) is 2.98. The number of nitrogens with two attached hydrogens (primary N) is 1. The summed E-state index contributed by atoms with van der Waals surface area (Å²) in [6.07, 6.45) is 1.83. The molecule has 2 unspecified atom stereocenters. The van der Waals surface area contributed by atoms with Crippen LogP contribution in [0.1, 0.15) is 33.1 Å². The van der Waals surface area contributed by atoms with Gasteiger partial charge in [-0.3, -0.25) is 4.79 Å². The van der Waals surface area contributed by atoms with Gasteiger partial charge in [-0.25, -0.2) is 4.79 Å². The van der Waals surface area contributed by atoms with Gasteiger partial charge in [0.15, 0.2) is 0 Å². The van der Waals surface area contributed by atoms with Crippen molar-refractivity contribution in [2.24, 2.45) is 11.7 Å². The topological polar surface area (TPSA) is 102 Å². The van der Waals surface area contributed by atoms with Crippen LogP contribution < -0.4 is 11.1 Å². The van der Waals surface area contributed by atoms with Gasteiger partial charge >= 0.3 is 5.97 Å². The van der Waals surface area contributed by atoms with Crippen LogP contribution in [0.3, 0.4) is 0 Å². The number of rotatable bonds is 9. The fourth-order valence-corrected chi connectivity index (χ4v) is 1.52. The van der Waals surface area contributed by atoms with E-state index in [4.69, 9.17) is 15.6 Å². The molecule has 0 aromatic carbocycles. The second kappa shape index (κ2) is 8.88. The van der Waals surface area contributed by atoms with Gasteiger partial charge in [-0.2, -0.15) is 0 Å². The molecule has 0 bridgehead atoms. The first-order chi connectivity index (χ1) is 8.43. The van der Waals surface area contributed by atoms with Crippen LogP contribution in [-0.2, 0) is 14.3 Å². The van der Waals surface area contributed by atoms with E-state index in [-0.39, 0.29) is 5.92 Å². The zero-order valence-corrected chi connectivity index (χ0v) is 11.3. The molecule has 4 N–H and O–H groups in total. The van der Waals surface area contributed by atoms with Crippen molar-refractivity contribution in [2.75, 3.05) is 13.7 Å². The Hall–Kier alpha value is -1.14. The van der Waals surface area contributed by atoms with Gasteiger partial charge < -0.3 is 20.9 Å². The molecule has 0 rings (SSSR count). The van der Waals surface area contributed by atoms with Crippen molar-refractivity contribution >= 4 is 11.9 Å². The number of ether oxygens (including phenoxy) is 1. The molecule has 18 heavy (non-hydrogen) atoms. The highest BCUT2D eigenvalue weighted by Gasteiger charge is 2.27. The minimum atomic E-state index is -1.03. The van der Waals surface area contributed by atoms with E-state index in [0.29, 0.717) is 25.9 Å². The van der Waals surface area contributed by atoms with Gasteiger partial charge in [0.2, 0.25) is 5.91 Å². The zero-order valence-electron chi connectivity index (χ0n) is 11.3. The summed E-state index contributed by atoms with van der Waals surface area (Å²) in [5, 5.41) is 11.5. The van der Waals surface area contributed by atoms with Gasteiger partial charge in [0.1, 0.15) is 6.04 Å². The largest absolute Gasteiger partial charge is 0.480 e. The normalized spacial score (nSPS) is 15.8. The molecule has 0 aliphatic heterocycles. The number of nitrogens with one attached hydrogen (secondary N) is 1. The summed E-state index contributed by atoms with van der Waals surface area (Å²) >= 11 is 0. The number of carboxylic acids is 1. The number of methoxy groups -OCH3 is 1. The fraction of sp³-hybridized carbons (Fsp3) is 0.833. The third-order valence-electron chi connectivity index (χ3n) is 2.98. The van der Waals surface area contributed by atoms with E-state index in [0.717, 1.165) is 0 Å². The molecule has 0 aliphatic rings. The SMILES string of the molecule is CCC(C)[C@H](NC(=O)C(N)CCCOC)C(=O)O. The van der Waals surface area contributed by atoms with Crippen molar-refractivity contribution in [3.8, 4) is 0 Å². The van der Waals surface area contributed by atoms with Gasteiger partial charge in [0.05, 0.1) is 6.04 Å². The average molecular weight is 260 g/mol. The predicted molar refractivity (Wildman–Crippen MR) is 68.1 cm³/mol. The van der Waals surface area contributed by atoms with E-state index >= 15 is 0 Å². The molecule has 0 aromatic rings. The molecular weight excluding hydrogens is 236 g/mol. The predicted octanol–water partition coefficient (Wildman–Crippen LogP) is 0.356. The molecule has 0 saturated heterocycles. The minimum Gasteiger partial charge on any atom is -0.480 e. The highest BCUT2D eigenvalue weighted by atomic mass is 16.5. The van der Waals surface area contributed by atoms with Crippen molar-refractivity contribution in [1.29, 1.82) is 0 Å². The van der Waals surface area contributed by atoms with Crippen LogP contribution in [-0.4, -0.2) is 42.8 Å². The smallest absolute Gasteiger partial charge is 0.326 e. The van der Waals surface area contributed by atoms with Crippen molar-refractivity contribution in [2.45, 2.75) is 45.2 Å². The number of carboxylic acid groups (broad SMARTS) is 1. The van der Waals surface area contributed by atoms with Gasteiger partial charge in [0.25, 0.3) is 0 Å². The highest BCUT2D eigenvalue weighted by Crippen LogP contribution is 2.08. The average Bonchev–Trinajstić information content (AvgIpc) is 2.34. The monoisotopic (exact) mass is 260 g/mol. The Kier molecular flexibility index (Phi) is 8.32. The van der Waals surface area contributed by atoms with Crippen LogP contribution in [0.2, 0.25) is 0 Å².